The lowest BCUT2D eigenvalue weighted by molar-refractivity contribution is 0.410. The number of benzene rings is 1. The first-order valence-corrected chi connectivity index (χ1v) is 6.55. The smallest absolute Gasteiger partial charge is 0.169 e. The summed E-state index contributed by atoms with van der Waals surface area (Å²) in [6.45, 7) is 5.28. The summed E-state index contributed by atoms with van der Waals surface area (Å²) in [6, 6.07) is 0. The number of rotatable bonds is 4. The van der Waals surface area contributed by atoms with Gasteiger partial charge in [0.25, 0.3) is 0 Å². The van der Waals surface area contributed by atoms with Gasteiger partial charge in [0.05, 0.1) is 0 Å². The predicted octanol–water partition coefficient (Wildman–Crippen LogP) is 3.24. The van der Waals surface area contributed by atoms with Crippen molar-refractivity contribution in [2.75, 3.05) is 0 Å². The van der Waals surface area contributed by atoms with Gasteiger partial charge in [0, 0.05) is 10.9 Å². The molecule has 0 bridgehead atoms. The van der Waals surface area contributed by atoms with E-state index in [0.717, 1.165) is 0 Å². The first-order valence-electron chi connectivity index (χ1n) is 5.98. The van der Waals surface area contributed by atoms with Crippen molar-refractivity contribution in [2.24, 2.45) is 0 Å². The quantitative estimate of drug-likeness (QED) is 0.343. The van der Waals surface area contributed by atoms with Gasteiger partial charge in [-0.2, -0.15) is 0 Å². The Kier molecular flexibility index (Phi) is 4.82. The largest absolute Gasteiger partial charge is 0.203 e. The normalized spacial score (nSPS) is 11.8. The van der Waals surface area contributed by atoms with Gasteiger partial charge in [-0.15, -0.1) is 0 Å². The predicted molar refractivity (Wildman–Crippen MR) is 70.9 cm³/mol. The second-order valence-corrected chi connectivity index (χ2v) is 4.96. The van der Waals surface area contributed by atoms with Crippen LogP contribution in [0.5, 0.6) is 0 Å². The summed E-state index contributed by atoms with van der Waals surface area (Å²) >= 11 is 0. The second-order valence-electron chi connectivity index (χ2n) is 4.39. The minimum absolute atomic E-state index is 0.420. The van der Waals surface area contributed by atoms with E-state index in [1.807, 2.05) is 0 Å². The Morgan fingerprint density at radius 3 is 1.61 bits per heavy atom. The van der Waals surface area contributed by atoms with Gasteiger partial charge in [0.15, 0.2) is 23.3 Å². The molecule has 0 N–H and O–H groups in total. The molecule has 0 saturated carbocycles. The summed E-state index contributed by atoms with van der Waals surface area (Å²) in [7, 11) is 2.11. The molecule has 18 heavy (non-hydrogen) atoms. The first-order chi connectivity index (χ1) is 8.36. The van der Waals surface area contributed by atoms with E-state index in [2.05, 4.69) is 0 Å². The lowest BCUT2D eigenvalue weighted by Crippen LogP contribution is -2.35. The summed E-state index contributed by atoms with van der Waals surface area (Å²) < 4.78 is 55.1. The van der Waals surface area contributed by atoms with E-state index in [-0.39, 0.29) is 0 Å². The molecule has 6 heteroatoms. The molecule has 0 aliphatic heterocycles. The molecule has 1 atom stereocenters. The SMILES string of the molecule is CBC(CC)(CC)c1c(F)c(F)c(P)c(F)c1F. The van der Waals surface area contributed by atoms with E-state index in [1.54, 1.807) is 29.9 Å². The highest BCUT2D eigenvalue weighted by Crippen LogP contribution is 2.36. The maximum atomic E-state index is 14.0. The molecule has 1 unspecified atom stereocenters. The fourth-order valence-corrected chi connectivity index (χ4v) is 2.65. The zero-order valence-electron chi connectivity index (χ0n) is 10.7. The lowest BCUT2D eigenvalue weighted by Gasteiger charge is -2.31. The van der Waals surface area contributed by atoms with Crippen molar-refractivity contribution >= 4 is 21.8 Å². The molecule has 0 aromatic heterocycles. The Morgan fingerprint density at radius 2 is 1.33 bits per heavy atom. The van der Waals surface area contributed by atoms with Crippen molar-refractivity contribution in [3.8, 4) is 0 Å². The fraction of sp³-hybridized carbons (Fsp3) is 0.500. The van der Waals surface area contributed by atoms with Gasteiger partial charge in [-0.05, 0) is 5.31 Å². The minimum atomic E-state index is -1.33. The van der Waals surface area contributed by atoms with E-state index in [4.69, 9.17) is 0 Å². The van der Waals surface area contributed by atoms with Gasteiger partial charge >= 0.3 is 0 Å². The van der Waals surface area contributed by atoms with Crippen LogP contribution in [0.1, 0.15) is 32.3 Å². The van der Waals surface area contributed by atoms with E-state index in [1.165, 1.54) is 0 Å². The molecule has 100 valence electrons. The van der Waals surface area contributed by atoms with Crippen LogP contribution < -0.4 is 5.30 Å². The van der Waals surface area contributed by atoms with Gasteiger partial charge in [-0.25, -0.2) is 17.6 Å². The lowest BCUT2D eigenvalue weighted by atomic mass is 9.48. The molecule has 1 aromatic rings. The van der Waals surface area contributed by atoms with E-state index in [9.17, 15) is 17.6 Å². The van der Waals surface area contributed by atoms with Crippen LogP contribution in [0.4, 0.5) is 17.6 Å². The molecule has 1 rings (SSSR count). The standard InChI is InChI=1S/C12H16BF4P/c1-4-12(5-2,13-3)6-7(14)9(16)11(18)10(17)8(6)15/h13H,4-5,18H2,1-3H3. The van der Waals surface area contributed by atoms with E-state index >= 15 is 0 Å². The topological polar surface area (TPSA) is 0 Å². The summed E-state index contributed by atoms with van der Waals surface area (Å²) in [6.07, 6.45) is 0.839. The molecule has 0 heterocycles. The molecule has 0 aliphatic rings. The zero-order chi connectivity index (χ0) is 14.1. The van der Waals surface area contributed by atoms with Gasteiger partial charge in [0.2, 0.25) is 0 Å². The molecule has 0 saturated heterocycles. The van der Waals surface area contributed by atoms with Crippen LogP contribution in [0.25, 0.3) is 0 Å². The molecule has 0 fully saturated rings. The molecule has 1 aromatic carbocycles. The average molecular weight is 278 g/mol. The van der Waals surface area contributed by atoms with Crippen LogP contribution in [0.3, 0.4) is 0 Å². The number of hydrogen-bond acceptors (Lipinski definition) is 0. The molecule has 0 aliphatic carbocycles. The third kappa shape index (κ3) is 2.18. The van der Waals surface area contributed by atoms with Crippen molar-refractivity contribution < 1.29 is 17.6 Å². The van der Waals surface area contributed by atoms with Crippen LogP contribution in [-0.4, -0.2) is 7.28 Å². The van der Waals surface area contributed by atoms with Crippen LogP contribution in [0.2, 0.25) is 6.82 Å². The highest BCUT2D eigenvalue weighted by Gasteiger charge is 2.37. The molecule has 0 spiro atoms. The Morgan fingerprint density at radius 1 is 0.944 bits per heavy atom. The Balaban J connectivity index is 3.69. The summed E-state index contributed by atoms with van der Waals surface area (Å²) in [5.74, 6) is -5.20. The van der Waals surface area contributed by atoms with Crippen molar-refractivity contribution in [3.05, 3.63) is 28.8 Å². The molecular formula is C12H16BF4P. The fourth-order valence-electron chi connectivity index (χ4n) is 2.39. The average Bonchev–Trinajstić information content (AvgIpc) is 2.39. The monoisotopic (exact) mass is 278 g/mol. The molecule has 0 radical (unpaired) electrons. The zero-order valence-corrected chi connectivity index (χ0v) is 11.9. The number of halogens is 4. The molecular weight excluding hydrogens is 262 g/mol. The molecule has 0 nitrogen and oxygen atoms in total. The van der Waals surface area contributed by atoms with E-state index in [0.29, 0.717) is 20.1 Å². The Labute approximate surface area is 108 Å². The number of hydrogen-bond donors (Lipinski definition) is 0. The molecule has 0 amide bonds. The van der Waals surface area contributed by atoms with Crippen LogP contribution >= 0.6 is 9.24 Å². The Bertz CT molecular complexity index is 421. The Hall–Kier alpha value is -0.565. The van der Waals surface area contributed by atoms with Crippen molar-refractivity contribution in [1.29, 1.82) is 0 Å². The van der Waals surface area contributed by atoms with Gasteiger partial charge in [-0.3, -0.25) is 0 Å². The third-order valence-electron chi connectivity index (χ3n) is 3.86. The van der Waals surface area contributed by atoms with Crippen LogP contribution in [0.15, 0.2) is 0 Å². The summed E-state index contributed by atoms with van der Waals surface area (Å²) in [5.41, 5.74) is -0.462. The van der Waals surface area contributed by atoms with Crippen molar-refractivity contribution in [1.82, 2.24) is 0 Å². The second kappa shape index (κ2) is 5.60. The highest BCUT2D eigenvalue weighted by atomic mass is 31.0. The van der Waals surface area contributed by atoms with Crippen LogP contribution in [0, 0.1) is 23.3 Å². The van der Waals surface area contributed by atoms with Crippen LogP contribution in [-0.2, 0) is 5.31 Å². The first kappa shape index (κ1) is 15.5. The van der Waals surface area contributed by atoms with Crippen molar-refractivity contribution in [2.45, 2.75) is 38.8 Å². The van der Waals surface area contributed by atoms with E-state index < -0.39 is 39.5 Å². The minimum Gasteiger partial charge on any atom is -0.203 e. The highest BCUT2D eigenvalue weighted by molar-refractivity contribution is 7.27. The van der Waals surface area contributed by atoms with Gasteiger partial charge in [0.1, 0.15) is 7.28 Å². The van der Waals surface area contributed by atoms with Crippen molar-refractivity contribution in [3.63, 3.8) is 0 Å². The van der Waals surface area contributed by atoms with Gasteiger partial charge in [-0.1, -0.05) is 42.8 Å². The summed E-state index contributed by atoms with van der Waals surface area (Å²) in [5, 5.41) is -1.56. The summed E-state index contributed by atoms with van der Waals surface area (Å²) in [4.78, 5) is 0. The maximum absolute atomic E-state index is 14.0. The van der Waals surface area contributed by atoms with Gasteiger partial charge < -0.3 is 0 Å². The maximum Gasteiger partial charge on any atom is 0.169 e. The third-order valence-corrected chi connectivity index (χ3v) is 4.36.